The summed E-state index contributed by atoms with van der Waals surface area (Å²) in [7, 11) is -1.47. The largest absolute Gasteiger partial charge is 0.378 e. The van der Waals surface area contributed by atoms with E-state index in [1.807, 2.05) is 23.4 Å². The number of rotatable bonds is 8. The van der Waals surface area contributed by atoms with Crippen molar-refractivity contribution in [3.8, 4) is 0 Å². The van der Waals surface area contributed by atoms with E-state index in [4.69, 9.17) is 9.72 Å². The molecule has 0 aromatic carbocycles. The lowest BCUT2D eigenvalue weighted by Crippen LogP contribution is -2.53. The van der Waals surface area contributed by atoms with Crippen LogP contribution in [0.4, 0.5) is 27.8 Å². The first-order valence-electron chi connectivity index (χ1n) is 13.2. The van der Waals surface area contributed by atoms with Gasteiger partial charge in [0.1, 0.15) is 27.3 Å². The van der Waals surface area contributed by atoms with E-state index in [-0.39, 0.29) is 24.1 Å². The number of aromatic nitrogens is 4. The number of ether oxygens (including phenoxy) is 1. The van der Waals surface area contributed by atoms with Crippen LogP contribution in [0.15, 0.2) is 30.7 Å². The van der Waals surface area contributed by atoms with Gasteiger partial charge in [0.2, 0.25) is 5.95 Å². The fourth-order valence-electron chi connectivity index (χ4n) is 5.56. The van der Waals surface area contributed by atoms with E-state index in [9.17, 15) is 8.42 Å². The Labute approximate surface area is 228 Å². The van der Waals surface area contributed by atoms with Crippen molar-refractivity contribution in [1.82, 2.24) is 19.9 Å². The smallest absolute Gasteiger partial charge is 0.227 e. The van der Waals surface area contributed by atoms with Crippen molar-refractivity contribution in [2.24, 2.45) is 5.92 Å². The standard InChI is InChI=1S/C27H36FN7O3S/c1-17(2)20-11-31-25(35-13-18(14-35)15-39(5,36)37)21-12-30-24(10-19(20)21)32-23-6-8-29-26(33-23)34-9-7-22(38-4)27(3,28)16-34/h6,8,10-12,17-18,22H,7,9,13-16H2,1-5H3,(H,29,30,32,33)/t22-,27+/m1/s1. The summed E-state index contributed by atoms with van der Waals surface area (Å²) in [5.41, 5.74) is -0.404. The summed E-state index contributed by atoms with van der Waals surface area (Å²) < 4.78 is 43.8. The Morgan fingerprint density at radius 1 is 1.15 bits per heavy atom. The molecule has 2 aliphatic heterocycles. The molecule has 0 spiro atoms. The van der Waals surface area contributed by atoms with Crippen LogP contribution in [0.2, 0.25) is 0 Å². The Kier molecular flexibility index (Phi) is 7.36. The van der Waals surface area contributed by atoms with E-state index in [2.05, 4.69) is 39.0 Å². The molecule has 2 aliphatic rings. The summed E-state index contributed by atoms with van der Waals surface area (Å²) >= 11 is 0. The third-order valence-corrected chi connectivity index (χ3v) is 8.57. The Bertz CT molecular complexity index is 1460. The van der Waals surface area contributed by atoms with Gasteiger partial charge in [0.15, 0.2) is 5.67 Å². The summed E-state index contributed by atoms with van der Waals surface area (Å²) in [5, 5.41) is 5.24. The Morgan fingerprint density at radius 2 is 1.92 bits per heavy atom. The van der Waals surface area contributed by atoms with Crippen LogP contribution in [-0.4, -0.2) is 85.4 Å². The maximum absolute atomic E-state index is 15.1. The topological polar surface area (TPSA) is 113 Å². The number of piperidine rings is 1. The second-order valence-electron chi connectivity index (χ2n) is 11.2. The van der Waals surface area contributed by atoms with Crippen molar-refractivity contribution in [2.45, 2.75) is 44.9 Å². The molecule has 12 heteroatoms. The highest BCUT2D eigenvalue weighted by Gasteiger charge is 2.41. The van der Waals surface area contributed by atoms with E-state index >= 15 is 4.39 Å². The van der Waals surface area contributed by atoms with Gasteiger partial charge in [-0.15, -0.1) is 0 Å². The zero-order valence-electron chi connectivity index (χ0n) is 23.1. The lowest BCUT2D eigenvalue weighted by molar-refractivity contribution is -0.0381. The maximum atomic E-state index is 15.1. The highest BCUT2D eigenvalue weighted by atomic mass is 32.2. The van der Waals surface area contributed by atoms with E-state index in [1.54, 1.807) is 26.3 Å². The molecule has 10 nitrogen and oxygen atoms in total. The van der Waals surface area contributed by atoms with E-state index < -0.39 is 21.6 Å². The molecular weight excluding hydrogens is 521 g/mol. The predicted octanol–water partition coefficient (Wildman–Crippen LogP) is 3.72. The van der Waals surface area contributed by atoms with Crippen molar-refractivity contribution >= 4 is 44.0 Å². The normalized spacial score (nSPS) is 22.4. The minimum atomic E-state index is -3.01. The molecule has 0 unspecified atom stereocenters. The number of nitrogens with one attached hydrogen (secondary N) is 1. The van der Waals surface area contributed by atoms with Gasteiger partial charge in [0.05, 0.1) is 18.4 Å². The van der Waals surface area contributed by atoms with Gasteiger partial charge in [0, 0.05) is 62.9 Å². The summed E-state index contributed by atoms with van der Waals surface area (Å²) in [4.78, 5) is 22.3. The number of nitrogens with zero attached hydrogens (tertiary/aromatic N) is 6. The third-order valence-electron chi connectivity index (χ3n) is 7.50. The fraction of sp³-hybridized carbons (Fsp3) is 0.556. The van der Waals surface area contributed by atoms with E-state index in [1.165, 1.54) is 6.26 Å². The van der Waals surface area contributed by atoms with Crippen LogP contribution in [0.3, 0.4) is 0 Å². The van der Waals surface area contributed by atoms with Gasteiger partial charge in [-0.1, -0.05) is 13.8 Å². The average molecular weight is 558 g/mol. The SMILES string of the molecule is CO[C@@H]1CCN(c2nccc(Nc3cc4c(C(C)C)cnc(N5CC(CS(C)(=O)=O)C5)c4cn3)n2)C[C@]1(C)F. The molecule has 0 aliphatic carbocycles. The van der Waals surface area contributed by atoms with Crippen molar-refractivity contribution in [2.75, 3.05) is 60.4 Å². The fourth-order valence-corrected chi connectivity index (χ4v) is 6.63. The van der Waals surface area contributed by atoms with Crippen molar-refractivity contribution < 1.29 is 17.5 Å². The molecule has 2 fully saturated rings. The first-order chi connectivity index (χ1) is 18.4. The molecule has 2 atom stereocenters. The molecule has 0 radical (unpaired) electrons. The average Bonchev–Trinajstić information content (AvgIpc) is 2.84. The quantitative estimate of drug-likeness (QED) is 0.440. The van der Waals surface area contributed by atoms with Crippen molar-refractivity contribution in [1.29, 1.82) is 0 Å². The zero-order chi connectivity index (χ0) is 27.9. The second-order valence-corrected chi connectivity index (χ2v) is 13.4. The Morgan fingerprint density at radius 3 is 2.59 bits per heavy atom. The number of pyridine rings is 2. The van der Waals surface area contributed by atoms with E-state index in [0.29, 0.717) is 43.6 Å². The number of anilines is 4. The number of alkyl halides is 1. The van der Waals surface area contributed by atoms with E-state index in [0.717, 1.165) is 22.2 Å². The number of hydrogen-bond donors (Lipinski definition) is 1. The first-order valence-corrected chi connectivity index (χ1v) is 15.3. The number of hydrogen-bond acceptors (Lipinski definition) is 10. The second kappa shape index (κ2) is 10.5. The summed E-state index contributed by atoms with van der Waals surface area (Å²) in [5.74, 6) is 3.00. The van der Waals surface area contributed by atoms with Crippen LogP contribution in [-0.2, 0) is 14.6 Å². The third kappa shape index (κ3) is 5.91. The van der Waals surface area contributed by atoms with Crippen LogP contribution in [0, 0.1) is 5.92 Å². The lowest BCUT2D eigenvalue weighted by atomic mass is 9.93. The highest BCUT2D eigenvalue weighted by Crippen LogP contribution is 2.35. The molecule has 2 saturated heterocycles. The van der Waals surface area contributed by atoms with Crippen LogP contribution >= 0.6 is 0 Å². The monoisotopic (exact) mass is 557 g/mol. The van der Waals surface area contributed by atoms with Gasteiger partial charge in [-0.3, -0.25) is 0 Å². The number of methoxy groups -OCH3 is 1. The molecule has 5 heterocycles. The molecule has 3 aromatic rings. The molecular formula is C27H36FN7O3S. The summed E-state index contributed by atoms with van der Waals surface area (Å²) in [6, 6.07) is 3.75. The summed E-state index contributed by atoms with van der Waals surface area (Å²) in [6.45, 7) is 7.85. The molecule has 0 amide bonds. The molecule has 39 heavy (non-hydrogen) atoms. The van der Waals surface area contributed by atoms with Crippen LogP contribution in [0.25, 0.3) is 10.8 Å². The predicted molar refractivity (Wildman–Crippen MR) is 151 cm³/mol. The van der Waals surface area contributed by atoms with Gasteiger partial charge in [0.25, 0.3) is 0 Å². The molecule has 5 rings (SSSR count). The van der Waals surface area contributed by atoms with Crippen molar-refractivity contribution in [3.63, 3.8) is 0 Å². The van der Waals surface area contributed by atoms with Crippen LogP contribution < -0.4 is 15.1 Å². The zero-order valence-corrected chi connectivity index (χ0v) is 23.9. The molecule has 0 saturated carbocycles. The van der Waals surface area contributed by atoms with Crippen LogP contribution in [0.5, 0.6) is 0 Å². The summed E-state index contributed by atoms with van der Waals surface area (Å²) in [6.07, 6.45) is 6.74. The molecule has 0 bridgehead atoms. The highest BCUT2D eigenvalue weighted by molar-refractivity contribution is 7.90. The van der Waals surface area contributed by atoms with Crippen molar-refractivity contribution in [3.05, 3.63) is 36.3 Å². The van der Waals surface area contributed by atoms with Crippen LogP contribution in [0.1, 0.15) is 38.7 Å². The maximum Gasteiger partial charge on any atom is 0.227 e. The van der Waals surface area contributed by atoms with Gasteiger partial charge < -0.3 is 19.9 Å². The number of halogens is 1. The minimum Gasteiger partial charge on any atom is -0.378 e. The lowest BCUT2D eigenvalue weighted by Gasteiger charge is -2.40. The number of sulfone groups is 1. The Balaban J connectivity index is 1.38. The molecule has 210 valence electrons. The minimum absolute atomic E-state index is 0.109. The molecule has 3 aromatic heterocycles. The Hall–Kier alpha value is -3.12. The first kappa shape index (κ1) is 27.4. The van der Waals surface area contributed by atoms with Gasteiger partial charge in [-0.25, -0.2) is 27.8 Å². The van der Waals surface area contributed by atoms with Gasteiger partial charge in [-0.2, -0.15) is 4.98 Å². The van der Waals surface area contributed by atoms with Gasteiger partial charge >= 0.3 is 0 Å². The molecule has 1 N–H and O–H groups in total. The number of fused-ring (bicyclic) bond motifs is 1. The van der Waals surface area contributed by atoms with Gasteiger partial charge in [-0.05, 0) is 42.3 Å².